The highest BCUT2D eigenvalue weighted by atomic mass is 32.2. The standard InChI is InChI=1S/C22H24O6S/c1-13-5-8-15(9-6-13)29(25,26)28-17-11-21-14(2)7-10-16(21)19(3)12-27-22(24,18(21)23)20(17,19)4/h5-6,8-11,14,24H,7,12H2,1-4H3/t14-,19?,20?,21?,22?/m0/s1. The van der Waals surface area contributed by atoms with Crippen molar-refractivity contribution in [1.82, 2.24) is 0 Å². The Bertz CT molecular complexity index is 1120. The Balaban J connectivity index is 1.71. The number of allylic oxidation sites excluding steroid dienone is 2. The molecule has 1 aromatic carbocycles. The predicted octanol–water partition coefficient (Wildman–Crippen LogP) is 2.86. The molecule has 5 aliphatic rings. The molecule has 1 aliphatic heterocycles. The SMILES string of the molecule is Cc1ccc(S(=O)(=O)OC2=CC34C(=O)C5(O)OCC(C)(C3=CC[C@@H]4C)C25C)cc1. The van der Waals surface area contributed by atoms with Crippen molar-refractivity contribution in [3.05, 3.63) is 53.3 Å². The lowest BCUT2D eigenvalue weighted by molar-refractivity contribution is -0.234. The summed E-state index contributed by atoms with van der Waals surface area (Å²) in [7, 11) is -4.14. The summed E-state index contributed by atoms with van der Waals surface area (Å²) in [4.78, 5) is 13.5. The Hall–Kier alpha value is -1.96. The third-order valence-corrected chi connectivity index (χ3v) is 9.14. The first-order valence-electron chi connectivity index (χ1n) is 9.80. The number of ether oxygens (including phenoxy) is 1. The minimum atomic E-state index is -4.14. The van der Waals surface area contributed by atoms with E-state index in [0.717, 1.165) is 11.1 Å². The van der Waals surface area contributed by atoms with Gasteiger partial charge in [0.1, 0.15) is 10.7 Å². The van der Waals surface area contributed by atoms with Crippen molar-refractivity contribution in [3.63, 3.8) is 0 Å². The summed E-state index contributed by atoms with van der Waals surface area (Å²) in [6.45, 7) is 7.51. The molecular weight excluding hydrogens is 392 g/mol. The van der Waals surface area contributed by atoms with Crippen molar-refractivity contribution < 1.29 is 27.2 Å². The van der Waals surface area contributed by atoms with Crippen LogP contribution in [0.4, 0.5) is 0 Å². The topological polar surface area (TPSA) is 89.9 Å². The summed E-state index contributed by atoms with van der Waals surface area (Å²) in [5.74, 6) is -2.57. The fraction of sp³-hybridized carbons (Fsp3) is 0.500. The van der Waals surface area contributed by atoms with Gasteiger partial charge in [-0.15, -0.1) is 0 Å². The molecule has 0 radical (unpaired) electrons. The zero-order valence-electron chi connectivity index (χ0n) is 16.9. The number of hydrogen-bond acceptors (Lipinski definition) is 6. The second kappa shape index (κ2) is 5.20. The van der Waals surface area contributed by atoms with Crippen LogP contribution in [-0.4, -0.2) is 31.7 Å². The molecule has 1 spiro atoms. The van der Waals surface area contributed by atoms with Crippen LogP contribution >= 0.6 is 0 Å². The van der Waals surface area contributed by atoms with Gasteiger partial charge in [-0.1, -0.05) is 37.6 Å². The van der Waals surface area contributed by atoms with Gasteiger partial charge in [0.15, 0.2) is 0 Å². The first-order valence-corrected chi connectivity index (χ1v) is 11.2. The summed E-state index contributed by atoms with van der Waals surface area (Å²) in [6, 6.07) is 6.37. The lowest BCUT2D eigenvalue weighted by Crippen LogP contribution is -2.70. The molecule has 7 heteroatoms. The molecule has 6 nitrogen and oxygen atoms in total. The van der Waals surface area contributed by atoms with Crippen LogP contribution in [0.2, 0.25) is 0 Å². The molecule has 1 saturated heterocycles. The van der Waals surface area contributed by atoms with Gasteiger partial charge in [0, 0.05) is 5.41 Å². The first-order chi connectivity index (χ1) is 13.4. The molecule has 154 valence electrons. The smallest absolute Gasteiger partial charge is 0.338 e. The number of Topliss-reactive ketones (excluding diaryl/α,β-unsaturated/α-hetero) is 1. The Morgan fingerprint density at radius 3 is 2.52 bits per heavy atom. The van der Waals surface area contributed by atoms with Crippen LogP contribution < -0.4 is 0 Å². The van der Waals surface area contributed by atoms with Gasteiger partial charge in [-0.2, -0.15) is 8.42 Å². The average Bonchev–Trinajstić information content (AvgIpc) is 3.08. The molecule has 1 heterocycles. The van der Waals surface area contributed by atoms with Crippen molar-refractivity contribution in [3.8, 4) is 0 Å². The van der Waals surface area contributed by atoms with Gasteiger partial charge in [0.2, 0.25) is 11.6 Å². The van der Waals surface area contributed by atoms with Crippen molar-refractivity contribution in [2.45, 2.75) is 44.8 Å². The van der Waals surface area contributed by atoms with Gasteiger partial charge in [0.25, 0.3) is 0 Å². The van der Waals surface area contributed by atoms with Gasteiger partial charge < -0.3 is 14.0 Å². The lowest BCUT2D eigenvalue weighted by atomic mass is 9.42. The summed E-state index contributed by atoms with van der Waals surface area (Å²) < 4.78 is 37.5. The van der Waals surface area contributed by atoms with E-state index in [2.05, 4.69) is 6.08 Å². The highest BCUT2D eigenvalue weighted by Crippen LogP contribution is 2.76. The lowest BCUT2D eigenvalue weighted by Gasteiger charge is -2.60. The van der Waals surface area contributed by atoms with Crippen molar-refractivity contribution in [2.75, 3.05) is 6.61 Å². The number of benzene rings is 1. The Morgan fingerprint density at radius 1 is 1.21 bits per heavy atom. The second-order valence-corrected chi connectivity index (χ2v) is 10.7. The normalized spacial score (nSPS) is 42.5. The Kier molecular flexibility index (Phi) is 3.41. The van der Waals surface area contributed by atoms with Gasteiger partial charge in [-0.05, 0) is 50.0 Å². The Morgan fingerprint density at radius 2 is 1.86 bits per heavy atom. The zero-order valence-corrected chi connectivity index (χ0v) is 17.7. The van der Waals surface area contributed by atoms with Crippen LogP contribution in [0.1, 0.15) is 32.8 Å². The van der Waals surface area contributed by atoms with E-state index in [4.69, 9.17) is 8.92 Å². The van der Waals surface area contributed by atoms with Gasteiger partial charge in [0.05, 0.1) is 17.4 Å². The number of aliphatic hydroxyl groups is 1. The fourth-order valence-electron chi connectivity index (χ4n) is 5.83. The van der Waals surface area contributed by atoms with Gasteiger partial charge in [-0.3, -0.25) is 4.79 Å². The number of aryl methyl sites for hydroxylation is 1. The van der Waals surface area contributed by atoms with E-state index in [0.29, 0.717) is 6.42 Å². The molecule has 0 amide bonds. The highest BCUT2D eigenvalue weighted by molar-refractivity contribution is 7.86. The summed E-state index contributed by atoms with van der Waals surface area (Å²) in [5, 5.41) is 11.4. The van der Waals surface area contributed by atoms with Crippen LogP contribution in [0.15, 0.2) is 52.6 Å². The van der Waals surface area contributed by atoms with E-state index >= 15 is 0 Å². The number of carbonyl (C=O) groups excluding carboxylic acids is 1. The third kappa shape index (κ3) is 1.86. The minimum Gasteiger partial charge on any atom is -0.383 e. The fourth-order valence-corrected chi connectivity index (χ4v) is 6.85. The van der Waals surface area contributed by atoms with Crippen molar-refractivity contribution in [2.24, 2.45) is 22.2 Å². The molecular formula is C22H24O6S. The molecule has 4 aliphatic carbocycles. The van der Waals surface area contributed by atoms with E-state index in [1.165, 1.54) is 12.1 Å². The van der Waals surface area contributed by atoms with E-state index in [-0.39, 0.29) is 23.2 Å². The quantitative estimate of drug-likeness (QED) is 0.602. The van der Waals surface area contributed by atoms with Gasteiger partial charge >= 0.3 is 10.1 Å². The molecule has 4 bridgehead atoms. The predicted molar refractivity (Wildman–Crippen MR) is 104 cm³/mol. The third-order valence-electron chi connectivity index (χ3n) is 7.89. The molecule has 0 aromatic heterocycles. The van der Waals surface area contributed by atoms with Crippen LogP contribution in [0.5, 0.6) is 0 Å². The molecule has 2 fully saturated rings. The number of hydrogen-bond donors (Lipinski definition) is 1. The van der Waals surface area contributed by atoms with Crippen molar-refractivity contribution in [1.29, 1.82) is 0 Å². The second-order valence-electron chi connectivity index (χ2n) is 9.20. The number of rotatable bonds is 3. The monoisotopic (exact) mass is 416 g/mol. The van der Waals surface area contributed by atoms with Crippen molar-refractivity contribution >= 4 is 15.9 Å². The van der Waals surface area contributed by atoms with Gasteiger partial charge in [-0.25, -0.2) is 0 Å². The highest BCUT2D eigenvalue weighted by Gasteiger charge is 2.83. The zero-order chi connectivity index (χ0) is 21.0. The molecule has 1 saturated carbocycles. The molecule has 1 N–H and O–H groups in total. The molecule has 29 heavy (non-hydrogen) atoms. The van der Waals surface area contributed by atoms with Crippen LogP contribution in [0, 0.1) is 29.1 Å². The first kappa shape index (κ1) is 19.0. The van der Waals surface area contributed by atoms with Crippen LogP contribution in [0.3, 0.4) is 0 Å². The summed E-state index contributed by atoms with van der Waals surface area (Å²) in [6.07, 6.45) is 4.36. The number of carbonyl (C=O) groups is 1. The molecule has 1 aromatic rings. The number of ketones is 1. The molecule has 5 atom stereocenters. The van der Waals surface area contributed by atoms with Crippen LogP contribution in [-0.2, 0) is 23.8 Å². The largest absolute Gasteiger partial charge is 0.383 e. The maximum absolute atomic E-state index is 13.5. The van der Waals surface area contributed by atoms with E-state index in [1.807, 2.05) is 20.8 Å². The van der Waals surface area contributed by atoms with E-state index in [9.17, 15) is 18.3 Å². The van der Waals surface area contributed by atoms with E-state index in [1.54, 1.807) is 25.1 Å². The molecule has 6 rings (SSSR count). The van der Waals surface area contributed by atoms with E-state index < -0.39 is 37.9 Å². The summed E-state index contributed by atoms with van der Waals surface area (Å²) in [5.41, 5.74) is -1.35. The summed E-state index contributed by atoms with van der Waals surface area (Å²) >= 11 is 0. The Labute approximate surface area is 170 Å². The maximum atomic E-state index is 13.5. The molecule has 4 unspecified atom stereocenters. The maximum Gasteiger partial charge on any atom is 0.338 e. The van der Waals surface area contributed by atoms with Crippen LogP contribution in [0.25, 0.3) is 0 Å². The minimum absolute atomic E-state index is 0.0264. The average molecular weight is 416 g/mol.